The molecule has 1 amide bonds. The van der Waals surface area contributed by atoms with E-state index in [1.807, 2.05) is 62.1 Å². The fourth-order valence-electron chi connectivity index (χ4n) is 4.48. The molecule has 1 aliphatic heterocycles. The first kappa shape index (κ1) is 25.4. The predicted molar refractivity (Wildman–Crippen MR) is 132 cm³/mol. The molecule has 1 aliphatic rings. The van der Waals surface area contributed by atoms with Crippen molar-refractivity contribution in [2.24, 2.45) is 5.92 Å². The van der Waals surface area contributed by atoms with Crippen LogP contribution in [0.5, 0.6) is 5.75 Å². The maximum atomic E-state index is 13.0. The number of rotatable bonds is 7. The Hall–Kier alpha value is -2.24. The quantitative estimate of drug-likeness (QED) is 0.449. The van der Waals surface area contributed by atoms with Gasteiger partial charge in [0.15, 0.2) is 0 Å². The Bertz CT molecular complexity index is 892. The van der Waals surface area contributed by atoms with Gasteiger partial charge in [-0.1, -0.05) is 49.2 Å². The van der Waals surface area contributed by atoms with Gasteiger partial charge < -0.3 is 19.1 Å². The van der Waals surface area contributed by atoms with E-state index in [-0.39, 0.29) is 24.0 Å². The third-order valence-electron chi connectivity index (χ3n) is 5.95. The molecule has 1 saturated heterocycles. The average Bonchev–Trinajstić information content (AvgIpc) is 2.77. The summed E-state index contributed by atoms with van der Waals surface area (Å²) in [6, 6.07) is 15.9. The molecule has 0 saturated carbocycles. The van der Waals surface area contributed by atoms with Gasteiger partial charge in [-0.05, 0) is 68.5 Å². The summed E-state index contributed by atoms with van der Waals surface area (Å²) in [4.78, 5) is 14.8. The van der Waals surface area contributed by atoms with Gasteiger partial charge in [-0.25, -0.2) is 4.79 Å². The lowest BCUT2D eigenvalue weighted by Crippen LogP contribution is -2.52. The summed E-state index contributed by atoms with van der Waals surface area (Å²) in [5, 5.41) is 0.715. The van der Waals surface area contributed by atoms with Crippen LogP contribution in [-0.2, 0) is 16.1 Å². The second-order valence-electron chi connectivity index (χ2n) is 9.71. The number of likely N-dealkylation sites (tertiary alicyclic amines) is 1. The van der Waals surface area contributed by atoms with E-state index in [2.05, 4.69) is 19.1 Å². The van der Waals surface area contributed by atoms with Crippen LogP contribution in [0.2, 0.25) is 5.02 Å². The molecule has 1 fully saturated rings. The van der Waals surface area contributed by atoms with E-state index in [9.17, 15) is 4.79 Å². The van der Waals surface area contributed by atoms with Gasteiger partial charge in [0, 0.05) is 17.5 Å². The molecule has 3 unspecified atom stereocenters. The maximum absolute atomic E-state index is 13.0. The van der Waals surface area contributed by atoms with Gasteiger partial charge in [0.25, 0.3) is 0 Å². The van der Waals surface area contributed by atoms with Crippen LogP contribution in [0, 0.1) is 5.92 Å². The van der Waals surface area contributed by atoms with Crippen molar-refractivity contribution in [3.05, 3.63) is 64.7 Å². The zero-order valence-corrected chi connectivity index (χ0v) is 21.1. The Morgan fingerprint density at radius 1 is 1.06 bits per heavy atom. The van der Waals surface area contributed by atoms with Crippen LogP contribution in [0.4, 0.5) is 4.79 Å². The minimum atomic E-state index is -0.538. The van der Waals surface area contributed by atoms with Crippen molar-refractivity contribution in [1.29, 1.82) is 0 Å². The minimum Gasteiger partial charge on any atom is -0.497 e. The highest BCUT2D eigenvalue weighted by atomic mass is 35.5. The number of nitrogens with zero attached hydrogens (tertiary/aromatic N) is 1. The van der Waals surface area contributed by atoms with Crippen LogP contribution in [-0.4, -0.2) is 42.9 Å². The first-order chi connectivity index (χ1) is 15.7. The number of benzene rings is 2. The lowest BCUT2D eigenvalue weighted by atomic mass is 9.76. The van der Waals surface area contributed by atoms with E-state index in [0.717, 1.165) is 24.2 Å². The summed E-state index contributed by atoms with van der Waals surface area (Å²) in [7, 11) is 1.66. The largest absolute Gasteiger partial charge is 0.497 e. The van der Waals surface area contributed by atoms with Crippen molar-refractivity contribution in [1.82, 2.24) is 4.90 Å². The maximum Gasteiger partial charge on any atom is 0.410 e. The molecule has 0 bridgehead atoms. The zero-order valence-electron chi connectivity index (χ0n) is 20.3. The Morgan fingerprint density at radius 3 is 2.30 bits per heavy atom. The molecule has 1 heterocycles. The number of hydrogen-bond acceptors (Lipinski definition) is 4. The lowest BCUT2D eigenvalue weighted by molar-refractivity contribution is -0.0540. The monoisotopic (exact) mass is 473 g/mol. The number of carbonyl (C=O) groups is 1. The summed E-state index contributed by atoms with van der Waals surface area (Å²) in [5.74, 6) is 1.24. The molecule has 5 nitrogen and oxygen atoms in total. The Morgan fingerprint density at radius 2 is 1.73 bits per heavy atom. The van der Waals surface area contributed by atoms with Gasteiger partial charge in [-0.15, -0.1) is 0 Å². The number of carbonyl (C=O) groups excluding carboxylic acids is 1. The standard InChI is InChI=1S/C27H36ClNO4/c1-6-7-21-16-29(26(30)33-27(2,3)4)17-24(25(21)20-10-12-22(28)13-11-20)32-18-19-8-14-23(31-5)15-9-19/h8-15,21,24-25H,6-7,16-18H2,1-5H3. The highest BCUT2D eigenvalue weighted by Crippen LogP contribution is 2.39. The van der Waals surface area contributed by atoms with Gasteiger partial charge in [0.2, 0.25) is 0 Å². The summed E-state index contributed by atoms with van der Waals surface area (Å²) >= 11 is 6.17. The second-order valence-corrected chi connectivity index (χ2v) is 10.1. The smallest absolute Gasteiger partial charge is 0.410 e. The minimum absolute atomic E-state index is 0.161. The number of amides is 1. The number of halogens is 1. The van der Waals surface area contributed by atoms with Crippen molar-refractivity contribution >= 4 is 17.7 Å². The van der Waals surface area contributed by atoms with Crippen LogP contribution in [0.1, 0.15) is 57.6 Å². The van der Waals surface area contributed by atoms with E-state index >= 15 is 0 Å². The predicted octanol–water partition coefficient (Wildman–Crippen LogP) is 6.68. The number of hydrogen-bond donors (Lipinski definition) is 0. The van der Waals surface area contributed by atoms with Gasteiger partial charge in [0.05, 0.1) is 26.4 Å². The van der Waals surface area contributed by atoms with E-state index in [0.29, 0.717) is 24.7 Å². The van der Waals surface area contributed by atoms with Gasteiger partial charge in [-0.2, -0.15) is 0 Å². The molecule has 33 heavy (non-hydrogen) atoms. The molecule has 0 N–H and O–H groups in total. The molecule has 3 atom stereocenters. The lowest BCUT2D eigenvalue weighted by Gasteiger charge is -2.44. The fraction of sp³-hybridized carbons (Fsp3) is 0.519. The van der Waals surface area contributed by atoms with Crippen LogP contribution in [0.3, 0.4) is 0 Å². The summed E-state index contributed by atoms with van der Waals surface area (Å²) < 4.78 is 17.5. The summed E-state index contributed by atoms with van der Waals surface area (Å²) in [6.07, 6.45) is 1.58. The topological polar surface area (TPSA) is 48.0 Å². The molecule has 0 radical (unpaired) electrons. The molecule has 0 aliphatic carbocycles. The van der Waals surface area contributed by atoms with Crippen molar-refractivity contribution in [3.63, 3.8) is 0 Å². The molecular weight excluding hydrogens is 438 g/mol. The third kappa shape index (κ3) is 7.12. The Labute approximate surface area is 203 Å². The first-order valence-electron chi connectivity index (χ1n) is 11.7. The normalized spacial score (nSPS) is 21.0. The Balaban J connectivity index is 1.86. The van der Waals surface area contributed by atoms with Crippen LogP contribution >= 0.6 is 11.6 Å². The second kappa shape index (κ2) is 11.3. The van der Waals surface area contributed by atoms with Crippen LogP contribution in [0.25, 0.3) is 0 Å². The Kier molecular flexibility index (Phi) is 8.66. The fourth-order valence-corrected chi connectivity index (χ4v) is 4.60. The van der Waals surface area contributed by atoms with Gasteiger partial charge >= 0.3 is 6.09 Å². The molecule has 0 spiro atoms. The molecule has 2 aromatic rings. The van der Waals surface area contributed by atoms with Gasteiger partial charge in [-0.3, -0.25) is 0 Å². The van der Waals surface area contributed by atoms with E-state index < -0.39 is 5.60 Å². The molecule has 6 heteroatoms. The highest BCUT2D eigenvalue weighted by Gasteiger charge is 2.40. The van der Waals surface area contributed by atoms with E-state index in [1.54, 1.807) is 7.11 Å². The molecular formula is C27H36ClNO4. The SMILES string of the molecule is CCCC1CN(C(=O)OC(C)(C)C)CC(OCc2ccc(OC)cc2)C1c1ccc(Cl)cc1. The van der Waals surface area contributed by atoms with Crippen molar-refractivity contribution < 1.29 is 19.0 Å². The summed E-state index contributed by atoms with van der Waals surface area (Å²) in [5.41, 5.74) is 1.72. The van der Waals surface area contributed by atoms with E-state index in [1.165, 1.54) is 5.56 Å². The van der Waals surface area contributed by atoms with Gasteiger partial charge in [0.1, 0.15) is 11.4 Å². The van der Waals surface area contributed by atoms with E-state index in [4.69, 9.17) is 25.8 Å². The van der Waals surface area contributed by atoms with Crippen molar-refractivity contribution in [2.45, 2.75) is 64.8 Å². The molecule has 2 aromatic carbocycles. The molecule has 180 valence electrons. The van der Waals surface area contributed by atoms with Crippen LogP contribution < -0.4 is 4.74 Å². The highest BCUT2D eigenvalue weighted by molar-refractivity contribution is 6.30. The molecule has 3 rings (SSSR count). The van der Waals surface area contributed by atoms with Crippen molar-refractivity contribution in [3.8, 4) is 5.75 Å². The number of piperidine rings is 1. The first-order valence-corrected chi connectivity index (χ1v) is 12.1. The average molecular weight is 474 g/mol. The van der Waals surface area contributed by atoms with Crippen LogP contribution in [0.15, 0.2) is 48.5 Å². The number of methoxy groups -OCH3 is 1. The number of ether oxygens (including phenoxy) is 3. The molecule has 0 aromatic heterocycles. The summed E-state index contributed by atoms with van der Waals surface area (Å²) in [6.45, 7) is 9.46. The third-order valence-corrected chi connectivity index (χ3v) is 6.20. The van der Waals surface area contributed by atoms with Crippen molar-refractivity contribution in [2.75, 3.05) is 20.2 Å². The zero-order chi connectivity index (χ0) is 24.0.